The zero-order valence-corrected chi connectivity index (χ0v) is 12.3. The molecule has 1 aromatic heterocycles. The Morgan fingerprint density at radius 3 is 2.56 bits per heavy atom. The van der Waals surface area contributed by atoms with Crippen molar-refractivity contribution in [2.45, 2.75) is 17.6 Å². The quantitative estimate of drug-likeness (QED) is 0.717. The van der Waals surface area contributed by atoms with Crippen molar-refractivity contribution < 1.29 is 9.59 Å². The molecule has 0 saturated heterocycles. The van der Waals surface area contributed by atoms with Gasteiger partial charge in [-0.25, -0.2) is 0 Å². The number of rotatable bonds is 5. The summed E-state index contributed by atoms with van der Waals surface area (Å²) in [6.07, 6.45) is 2.71. The highest BCUT2D eigenvalue weighted by Crippen LogP contribution is 2.37. The Morgan fingerprint density at radius 1 is 1.39 bits per heavy atom. The summed E-state index contributed by atoms with van der Waals surface area (Å²) in [7, 11) is 1.54. The molecule has 0 atom stereocenters. The van der Waals surface area contributed by atoms with E-state index in [4.69, 9.17) is 5.73 Å². The minimum absolute atomic E-state index is 0.218. The number of nitrogens with two attached hydrogens (primary N) is 1. The van der Waals surface area contributed by atoms with Crippen LogP contribution in [0.5, 0.6) is 0 Å². The number of hydrogen-bond acceptors (Lipinski definition) is 5. The van der Waals surface area contributed by atoms with Crippen molar-refractivity contribution in [1.82, 2.24) is 10.6 Å². The first-order valence-electron chi connectivity index (χ1n) is 5.53. The smallest absolute Gasteiger partial charge is 0.263 e. The van der Waals surface area contributed by atoms with E-state index in [1.807, 2.05) is 13.2 Å². The molecule has 0 saturated carbocycles. The molecule has 0 spiro atoms. The SMILES string of the molecule is CCCNC(=O)c1sc(SC)c(C(=O)NC)c1N. The molecule has 7 heteroatoms. The van der Waals surface area contributed by atoms with Gasteiger partial charge in [-0.1, -0.05) is 6.92 Å². The molecule has 0 fully saturated rings. The van der Waals surface area contributed by atoms with Crippen LogP contribution in [0.25, 0.3) is 0 Å². The van der Waals surface area contributed by atoms with E-state index >= 15 is 0 Å². The van der Waals surface area contributed by atoms with Crippen LogP contribution in [0.1, 0.15) is 33.4 Å². The van der Waals surface area contributed by atoms with Gasteiger partial charge in [-0.3, -0.25) is 9.59 Å². The summed E-state index contributed by atoms with van der Waals surface area (Å²) in [5.41, 5.74) is 6.57. The maximum atomic E-state index is 11.9. The average molecular weight is 287 g/mol. The van der Waals surface area contributed by atoms with Crippen LogP contribution in [-0.4, -0.2) is 31.7 Å². The summed E-state index contributed by atoms with van der Waals surface area (Å²) in [4.78, 5) is 24.0. The third-order valence-corrected chi connectivity index (χ3v) is 4.62. The molecule has 0 bridgehead atoms. The number of carbonyl (C=O) groups is 2. The van der Waals surface area contributed by atoms with Crippen LogP contribution in [0.3, 0.4) is 0 Å². The average Bonchev–Trinajstić information content (AvgIpc) is 2.72. The molecule has 1 heterocycles. The largest absolute Gasteiger partial charge is 0.397 e. The minimum Gasteiger partial charge on any atom is -0.397 e. The van der Waals surface area contributed by atoms with Gasteiger partial charge in [-0.15, -0.1) is 23.1 Å². The van der Waals surface area contributed by atoms with Gasteiger partial charge in [-0.2, -0.15) is 0 Å². The second-order valence-corrected chi connectivity index (χ2v) is 5.64. The zero-order chi connectivity index (χ0) is 13.7. The number of thioether (sulfide) groups is 1. The van der Waals surface area contributed by atoms with Crippen LogP contribution in [-0.2, 0) is 0 Å². The van der Waals surface area contributed by atoms with Crippen LogP contribution < -0.4 is 16.4 Å². The molecule has 0 aliphatic carbocycles. The normalized spacial score (nSPS) is 10.2. The lowest BCUT2D eigenvalue weighted by Crippen LogP contribution is -2.24. The van der Waals surface area contributed by atoms with Gasteiger partial charge in [0, 0.05) is 13.6 Å². The van der Waals surface area contributed by atoms with E-state index in [1.54, 1.807) is 7.05 Å². The topological polar surface area (TPSA) is 84.2 Å². The lowest BCUT2D eigenvalue weighted by atomic mass is 10.2. The molecule has 0 unspecified atom stereocenters. The molecule has 5 nitrogen and oxygen atoms in total. The summed E-state index contributed by atoms with van der Waals surface area (Å²) >= 11 is 2.67. The van der Waals surface area contributed by atoms with Crippen molar-refractivity contribution in [3.8, 4) is 0 Å². The molecule has 18 heavy (non-hydrogen) atoms. The molecule has 100 valence electrons. The highest BCUT2D eigenvalue weighted by atomic mass is 32.2. The Morgan fingerprint density at radius 2 is 2.06 bits per heavy atom. The number of carbonyl (C=O) groups excluding carboxylic acids is 2. The molecule has 0 aliphatic rings. The van der Waals surface area contributed by atoms with E-state index in [0.717, 1.165) is 10.6 Å². The summed E-state index contributed by atoms with van der Waals surface area (Å²) in [6, 6.07) is 0. The molecule has 4 N–H and O–H groups in total. The molecule has 0 radical (unpaired) electrons. The molecular formula is C11H17N3O2S2. The Hall–Kier alpha value is -1.21. The summed E-state index contributed by atoms with van der Waals surface area (Å²) < 4.78 is 0.758. The van der Waals surface area contributed by atoms with Crippen molar-refractivity contribution in [3.05, 3.63) is 10.4 Å². The van der Waals surface area contributed by atoms with Crippen molar-refractivity contribution in [3.63, 3.8) is 0 Å². The van der Waals surface area contributed by atoms with E-state index in [-0.39, 0.29) is 17.5 Å². The maximum Gasteiger partial charge on any atom is 0.263 e. The van der Waals surface area contributed by atoms with Crippen LogP contribution in [0.15, 0.2) is 4.21 Å². The van der Waals surface area contributed by atoms with Gasteiger partial charge in [0.25, 0.3) is 11.8 Å². The van der Waals surface area contributed by atoms with Gasteiger partial charge < -0.3 is 16.4 Å². The number of anilines is 1. The van der Waals surface area contributed by atoms with E-state index in [0.29, 0.717) is 17.0 Å². The third-order valence-electron chi connectivity index (χ3n) is 2.29. The first-order chi connectivity index (χ1) is 8.56. The number of hydrogen-bond donors (Lipinski definition) is 3. The predicted octanol–water partition coefficient (Wildman–Crippen LogP) is 1.55. The Balaban J connectivity index is 3.12. The Labute approximate surface area is 115 Å². The van der Waals surface area contributed by atoms with Gasteiger partial charge in [-0.05, 0) is 12.7 Å². The molecule has 0 aliphatic heterocycles. The summed E-state index contributed by atoms with van der Waals surface area (Å²) in [5.74, 6) is -0.479. The van der Waals surface area contributed by atoms with Gasteiger partial charge in [0.05, 0.1) is 15.5 Å². The number of thiophene rings is 1. The highest BCUT2D eigenvalue weighted by molar-refractivity contribution is 8.00. The monoisotopic (exact) mass is 287 g/mol. The molecule has 1 rings (SSSR count). The zero-order valence-electron chi connectivity index (χ0n) is 10.6. The van der Waals surface area contributed by atoms with Gasteiger partial charge in [0.15, 0.2) is 0 Å². The first kappa shape index (κ1) is 14.8. The number of amides is 2. The van der Waals surface area contributed by atoms with E-state index in [2.05, 4.69) is 10.6 Å². The van der Waals surface area contributed by atoms with E-state index < -0.39 is 0 Å². The van der Waals surface area contributed by atoms with Crippen molar-refractivity contribution >= 4 is 40.6 Å². The predicted molar refractivity (Wildman–Crippen MR) is 76.5 cm³/mol. The van der Waals surface area contributed by atoms with E-state index in [1.165, 1.54) is 23.1 Å². The van der Waals surface area contributed by atoms with Crippen LogP contribution in [0, 0.1) is 0 Å². The van der Waals surface area contributed by atoms with Gasteiger partial charge in [0.1, 0.15) is 4.88 Å². The highest BCUT2D eigenvalue weighted by Gasteiger charge is 2.24. The van der Waals surface area contributed by atoms with Gasteiger partial charge in [0.2, 0.25) is 0 Å². The Kier molecular flexibility index (Phi) is 5.49. The van der Waals surface area contributed by atoms with Crippen LogP contribution >= 0.6 is 23.1 Å². The summed E-state index contributed by atoms with van der Waals surface area (Å²) in [6.45, 7) is 2.57. The van der Waals surface area contributed by atoms with Crippen LogP contribution in [0.2, 0.25) is 0 Å². The fraction of sp³-hybridized carbons (Fsp3) is 0.455. The summed E-state index contributed by atoms with van der Waals surface area (Å²) in [5, 5.41) is 5.30. The van der Waals surface area contributed by atoms with E-state index in [9.17, 15) is 9.59 Å². The number of nitrogen functional groups attached to an aromatic ring is 1. The molecular weight excluding hydrogens is 270 g/mol. The Bertz CT molecular complexity index is 457. The van der Waals surface area contributed by atoms with Gasteiger partial charge >= 0.3 is 0 Å². The first-order valence-corrected chi connectivity index (χ1v) is 7.57. The van der Waals surface area contributed by atoms with Crippen molar-refractivity contribution in [2.75, 3.05) is 25.6 Å². The molecule has 0 aromatic carbocycles. The van der Waals surface area contributed by atoms with Crippen molar-refractivity contribution in [2.24, 2.45) is 0 Å². The number of nitrogens with one attached hydrogen (secondary N) is 2. The second-order valence-electron chi connectivity index (χ2n) is 3.55. The molecule has 2 amide bonds. The maximum absolute atomic E-state index is 11.9. The van der Waals surface area contributed by atoms with Crippen molar-refractivity contribution in [1.29, 1.82) is 0 Å². The van der Waals surface area contributed by atoms with Crippen LogP contribution in [0.4, 0.5) is 5.69 Å². The minimum atomic E-state index is -0.261. The third kappa shape index (κ3) is 2.97. The fourth-order valence-corrected chi connectivity index (χ4v) is 3.25. The lowest BCUT2D eigenvalue weighted by Gasteiger charge is -2.03. The lowest BCUT2D eigenvalue weighted by molar-refractivity contribution is 0.0956. The fourth-order valence-electron chi connectivity index (χ4n) is 1.39. The molecule has 1 aromatic rings. The standard InChI is InChI=1S/C11H17N3O2S2/c1-4-5-14-10(16)8-7(12)6(9(15)13-2)11(17-3)18-8/h4-5,12H2,1-3H3,(H,13,15)(H,14,16). The second kappa shape index (κ2) is 6.65.